The van der Waals surface area contributed by atoms with Crippen molar-refractivity contribution in [3.8, 4) is 5.75 Å². The van der Waals surface area contributed by atoms with Gasteiger partial charge in [0.2, 0.25) is 0 Å². The number of rotatable bonds is 6. The third-order valence-corrected chi connectivity index (χ3v) is 3.45. The van der Waals surface area contributed by atoms with Crippen LogP contribution in [0.3, 0.4) is 0 Å². The second kappa shape index (κ2) is 7.82. The number of halogens is 1. The predicted octanol–water partition coefficient (Wildman–Crippen LogP) is 2.88. The minimum atomic E-state index is -0.778. The van der Waals surface area contributed by atoms with Gasteiger partial charge in [-0.25, -0.2) is 0 Å². The molecular formula is C17H18ClNO3. The molecule has 0 aliphatic heterocycles. The number of amides is 1. The zero-order valence-electron chi connectivity index (χ0n) is 12.3. The molecule has 22 heavy (non-hydrogen) atoms. The SMILES string of the molecule is Cc1ccccc1OCC(=O)NCC(O)c1ccc(Cl)cc1. The van der Waals surface area contributed by atoms with Crippen molar-refractivity contribution in [3.05, 3.63) is 64.7 Å². The van der Waals surface area contributed by atoms with Crippen LogP contribution in [0.25, 0.3) is 0 Å². The molecule has 2 rings (SSSR count). The van der Waals surface area contributed by atoms with Gasteiger partial charge in [0.1, 0.15) is 5.75 Å². The van der Waals surface area contributed by atoms with Crippen LogP contribution in [0.4, 0.5) is 0 Å². The van der Waals surface area contributed by atoms with Gasteiger partial charge in [-0.15, -0.1) is 0 Å². The number of hydrogen-bond donors (Lipinski definition) is 2. The molecule has 1 atom stereocenters. The Bertz CT molecular complexity index is 628. The molecule has 0 saturated carbocycles. The quantitative estimate of drug-likeness (QED) is 0.860. The maximum Gasteiger partial charge on any atom is 0.258 e. The lowest BCUT2D eigenvalue weighted by atomic mass is 10.1. The zero-order chi connectivity index (χ0) is 15.9. The Morgan fingerprint density at radius 3 is 2.59 bits per heavy atom. The van der Waals surface area contributed by atoms with E-state index in [0.29, 0.717) is 16.3 Å². The zero-order valence-corrected chi connectivity index (χ0v) is 13.0. The van der Waals surface area contributed by atoms with E-state index < -0.39 is 6.10 Å². The van der Waals surface area contributed by atoms with Gasteiger partial charge in [0, 0.05) is 11.6 Å². The van der Waals surface area contributed by atoms with Crippen molar-refractivity contribution in [2.24, 2.45) is 0 Å². The Morgan fingerprint density at radius 1 is 1.23 bits per heavy atom. The van der Waals surface area contributed by atoms with Crippen LogP contribution in [-0.2, 0) is 4.79 Å². The molecular weight excluding hydrogens is 302 g/mol. The molecule has 2 aromatic rings. The maximum atomic E-state index is 11.7. The number of benzene rings is 2. The lowest BCUT2D eigenvalue weighted by Crippen LogP contribution is -2.32. The number of ether oxygens (including phenoxy) is 1. The summed E-state index contributed by atoms with van der Waals surface area (Å²) in [7, 11) is 0. The molecule has 2 N–H and O–H groups in total. The summed E-state index contributed by atoms with van der Waals surface area (Å²) in [5.41, 5.74) is 1.67. The first-order valence-corrected chi connectivity index (χ1v) is 7.32. The van der Waals surface area contributed by atoms with E-state index in [2.05, 4.69) is 5.32 Å². The van der Waals surface area contributed by atoms with Gasteiger partial charge in [0.25, 0.3) is 5.91 Å². The molecule has 2 aromatic carbocycles. The van der Waals surface area contributed by atoms with Crippen molar-refractivity contribution < 1.29 is 14.6 Å². The van der Waals surface area contributed by atoms with Crippen molar-refractivity contribution in [1.29, 1.82) is 0 Å². The van der Waals surface area contributed by atoms with E-state index in [1.54, 1.807) is 24.3 Å². The second-order valence-electron chi connectivity index (χ2n) is 4.93. The maximum absolute atomic E-state index is 11.7. The lowest BCUT2D eigenvalue weighted by Gasteiger charge is -2.13. The third kappa shape index (κ3) is 4.76. The second-order valence-corrected chi connectivity index (χ2v) is 5.36. The molecule has 0 spiro atoms. The van der Waals surface area contributed by atoms with Gasteiger partial charge in [0.05, 0.1) is 6.10 Å². The van der Waals surface area contributed by atoms with E-state index in [4.69, 9.17) is 16.3 Å². The van der Waals surface area contributed by atoms with Gasteiger partial charge in [-0.1, -0.05) is 41.9 Å². The van der Waals surface area contributed by atoms with E-state index in [1.165, 1.54) is 0 Å². The Hall–Kier alpha value is -2.04. The molecule has 0 heterocycles. The van der Waals surface area contributed by atoms with Gasteiger partial charge in [-0.2, -0.15) is 0 Å². The van der Waals surface area contributed by atoms with Crippen LogP contribution in [0.1, 0.15) is 17.2 Å². The molecule has 1 unspecified atom stereocenters. The van der Waals surface area contributed by atoms with Crippen LogP contribution in [-0.4, -0.2) is 24.2 Å². The van der Waals surface area contributed by atoms with Crippen molar-refractivity contribution in [1.82, 2.24) is 5.32 Å². The van der Waals surface area contributed by atoms with E-state index >= 15 is 0 Å². The van der Waals surface area contributed by atoms with Crippen LogP contribution < -0.4 is 10.1 Å². The Balaban J connectivity index is 1.78. The molecule has 1 amide bonds. The van der Waals surface area contributed by atoms with Crippen LogP contribution in [0.2, 0.25) is 5.02 Å². The van der Waals surface area contributed by atoms with Gasteiger partial charge in [-0.05, 0) is 36.2 Å². The monoisotopic (exact) mass is 319 g/mol. The van der Waals surface area contributed by atoms with E-state index in [-0.39, 0.29) is 19.1 Å². The fourth-order valence-corrected chi connectivity index (χ4v) is 2.05. The molecule has 4 nitrogen and oxygen atoms in total. The number of carbonyl (C=O) groups excluding carboxylic acids is 1. The summed E-state index contributed by atoms with van der Waals surface area (Å²) in [5, 5.41) is 13.2. The summed E-state index contributed by atoms with van der Waals surface area (Å²) in [5.74, 6) is 0.396. The fourth-order valence-electron chi connectivity index (χ4n) is 1.93. The van der Waals surface area contributed by atoms with Gasteiger partial charge < -0.3 is 15.2 Å². The molecule has 0 saturated heterocycles. The predicted molar refractivity (Wildman–Crippen MR) is 86.1 cm³/mol. The molecule has 0 bridgehead atoms. The van der Waals surface area contributed by atoms with Crippen molar-refractivity contribution >= 4 is 17.5 Å². The molecule has 0 radical (unpaired) electrons. The highest BCUT2D eigenvalue weighted by Gasteiger charge is 2.10. The molecule has 116 valence electrons. The first kappa shape index (κ1) is 16.3. The highest BCUT2D eigenvalue weighted by Crippen LogP contribution is 2.17. The summed E-state index contributed by atoms with van der Waals surface area (Å²) in [6.07, 6.45) is -0.778. The molecule has 0 aliphatic rings. The summed E-state index contributed by atoms with van der Waals surface area (Å²) in [4.78, 5) is 11.7. The standard InChI is InChI=1S/C17H18ClNO3/c1-12-4-2-3-5-16(12)22-11-17(21)19-10-15(20)13-6-8-14(18)9-7-13/h2-9,15,20H,10-11H2,1H3,(H,19,21). The Morgan fingerprint density at radius 2 is 1.91 bits per heavy atom. The third-order valence-electron chi connectivity index (χ3n) is 3.20. The first-order chi connectivity index (χ1) is 10.6. The highest BCUT2D eigenvalue weighted by atomic mass is 35.5. The fraction of sp³-hybridized carbons (Fsp3) is 0.235. The number of hydrogen-bond acceptors (Lipinski definition) is 3. The number of aryl methyl sites for hydroxylation is 1. The van der Waals surface area contributed by atoms with Gasteiger partial charge in [-0.3, -0.25) is 4.79 Å². The Labute approximate surface area is 134 Å². The van der Waals surface area contributed by atoms with E-state index in [9.17, 15) is 9.90 Å². The van der Waals surface area contributed by atoms with Gasteiger partial charge >= 0.3 is 0 Å². The van der Waals surface area contributed by atoms with Crippen molar-refractivity contribution in [3.63, 3.8) is 0 Å². The smallest absolute Gasteiger partial charge is 0.258 e. The largest absolute Gasteiger partial charge is 0.484 e. The molecule has 0 aliphatic carbocycles. The highest BCUT2D eigenvalue weighted by molar-refractivity contribution is 6.30. The van der Waals surface area contributed by atoms with Crippen molar-refractivity contribution in [2.45, 2.75) is 13.0 Å². The molecule has 0 fully saturated rings. The minimum Gasteiger partial charge on any atom is -0.484 e. The lowest BCUT2D eigenvalue weighted by molar-refractivity contribution is -0.123. The number of carbonyl (C=O) groups is 1. The molecule has 5 heteroatoms. The average Bonchev–Trinajstić information content (AvgIpc) is 2.52. The van der Waals surface area contributed by atoms with Crippen LogP contribution >= 0.6 is 11.6 Å². The minimum absolute atomic E-state index is 0.0851. The Kier molecular flexibility index (Phi) is 5.81. The molecule has 0 aromatic heterocycles. The summed E-state index contributed by atoms with van der Waals surface area (Å²) >= 11 is 5.79. The number of aliphatic hydroxyl groups excluding tert-OH is 1. The van der Waals surface area contributed by atoms with E-state index in [1.807, 2.05) is 31.2 Å². The topological polar surface area (TPSA) is 58.6 Å². The average molecular weight is 320 g/mol. The van der Waals surface area contributed by atoms with Crippen LogP contribution in [0, 0.1) is 6.92 Å². The van der Waals surface area contributed by atoms with Crippen molar-refractivity contribution in [2.75, 3.05) is 13.2 Å². The van der Waals surface area contributed by atoms with Gasteiger partial charge in [0.15, 0.2) is 6.61 Å². The first-order valence-electron chi connectivity index (χ1n) is 6.95. The number of para-hydroxylation sites is 1. The summed E-state index contributed by atoms with van der Waals surface area (Å²) in [6, 6.07) is 14.3. The summed E-state index contributed by atoms with van der Waals surface area (Å²) in [6.45, 7) is 1.95. The van der Waals surface area contributed by atoms with Crippen LogP contribution in [0.15, 0.2) is 48.5 Å². The number of nitrogens with one attached hydrogen (secondary N) is 1. The number of aliphatic hydroxyl groups is 1. The van der Waals surface area contributed by atoms with E-state index in [0.717, 1.165) is 5.56 Å². The normalized spacial score (nSPS) is 11.8. The summed E-state index contributed by atoms with van der Waals surface area (Å²) < 4.78 is 5.44. The van der Waals surface area contributed by atoms with Crippen LogP contribution in [0.5, 0.6) is 5.75 Å².